The first-order valence-electron chi connectivity index (χ1n) is 7.04. The molecule has 0 aromatic heterocycles. The Kier molecular flexibility index (Phi) is 5.01. The quantitative estimate of drug-likeness (QED) is 0.803. The Morgan fingerprint density at radius 1 is 1.21 bits per heavy atom. The van der Waals surface area contributed by atoms with Gasteiger partial charge in [-0.2, -0.15) is 0 Å². The van der Waals surface area contributed by atoms with Crippen molar-refractivity contribution in [3.63, 3.8) is 0 Å². The van der Waals surface area contributed by atoms with Crippen LogP contribution in [0, 0.1) is 5.92 Å². The highest BCUT2D eigenvalue weighted by molar-refractivity contribution is 5.75. The number of hydrogen-bond acceptors (Lipinski definition) is 3. The third kappa shape index (κ3) is 4.09. The monoisotopic (exact) mass is 270 g/mol. The minimum Gasteiger partial charge on any atom is -0.481 e. The van der Waals surface area contributed by atoms with E-state index < -0.39 is 5.97 Å². The molecule has 1 atom stereocenters. The maximum Gasteiger partial charge on any atom is 0.317 e. The molecule has 19 heavy (non-hydrogen) atoms. The second-order valence-electron chi connectivity index (χ2n) is 5.27. The first-order valence-corrected chi connectivity index (χ1v) is 7.04. The summed E-state index contributed by atoms with van der Waals surface area (Å²) in [4.78, 5) is 24.5. The fraction of sp³-hybridized carbons (Fsp3) is 0.846. The molecule has 2 heterocycles. The lowest BCUT2D eigenvalue weighted by atomic mass is 9.97. The number of carbonyl (C=O) groups excluding carboxylic acids is 1. The first-order chi connectivity index (χ1) is 9.16. The van der Waals surface area contributed by atoms with Gasteiger partial charge in [0.1, 0.15) is 0 Å². The molecule has 0 spiro atoms. The third-order valence-electron chi connectivity index (χ3n) is 3.89. The standard InChI is InChI=1S/C13H22N2O4/c16-12(17)10-4-6-15(7-5-10)13(18)14-9-11-3-1-2-8-19-11/h10-11H,1-9H2,(H,14,18)(H,16,17). The summed E-state index contributed by atoms with van der Waals surface area (Å²) in [6, 6.07) is -0.0991. The van der Waals surface area contributed by atoms with Crippen molar-refractivity contribution in [1.82, 2.24) is 10.2 Å². The minimum atomic E-state index is -0.754. The van der Waals surface area contributed by atoms with Gasteiger partial charge in [0, 0.05) is 26.2 Å². The highest BCUT2D eigenvalue weighted by Gasteiger charge is 2.27. The summed E-state index contributed by atoms with van der Waals surface area (Å²) >= 11 is 0. The van der Waals surface area contributed by atoms with E-state index in [1.807, 2.05) is 0 Å². The van der Waals surface area contributed by atoms with Gasteiger partial charge in [0.2, 0.25) is 0 Å². The number of rotatable bonds is 3. The molecule has 1 unspecified atom stereocenters. The molecule has 6 heteroatoms. The van der Waals surface area contributed by atoms with E-state index in [0.717, 1.165) is 25.9 Å². The Hall–Kier alpha value is -1.30. The van der Waals surface area contributed by atoms with Crippen molar-refractivity contribution in [3.8, 4) is 0 Å². The fourth-order valence-corrected chi connectivity index (χ4v) is 2.61. The molecule has 2 fully saturated rings. The largest absolute Gasteiger partial charge is 0.481 e. The van der Waals surface area contributed by atoms with Crippen LogP contribution in [0.2, 0.25) is 0 Å². The van der Waals surface area contributed by atoms with Crippen LogP contribution in [0.15, 0.2) is 0 Å². The number of carbonyl (C=O) groups is 2. The summed E-state index contributed by atoms with van der Waals surface area (Å²) in [6.45, 7) is 2.38. The second-order valence-corrected chi connectivity index (χ2v) is 5.27. The van der Waals surface area contributed by atoms with E-state index >= 15 is 0 Å². The molecule has 0 saturated carbocycles. The van der Waals surface area contributed by atoms with Gasteiger partial charge < -0.3 is 20.1 Å². The molecule has 2 rings (SSSR count). The van der Waals surface area contributed by atoms with Crippen LogP contribution in [0.5, 0.6) is 0 Å². The number of hydrogen-bond donors (Lipinski definition) is 2. The predicted octanol–water partition coefficient (Wildman–Crippen LogP) is 1.06. The maximum atomic E-state index is 11.9. The fourth-order valence-electron chi connectivity index (χ4n) is 2.61. The zero-order valence-electron chi connectivity index (χ0n) is 11.1. The summed E-state index contributed by atoms with van der Waals surface area (Å²) in [7, 11) is 0. The molecule has 2 saturated heterocycles. The van der Waals surface area contributed by atoms with Gasteiger partial charge in [-0.1, -0.05) is 0 Å². The van der Waals surface area contributed by atoms with E-state index in [1.165, 1.54) is 0 Å². The topological polar surface area (TPSA) is 78.9 Å². The normalized spacial score (nSPS) is 25.1. The van der Waals surface area contributed by atoms with Crippen LogP contribution < -0.4 is 5.32 Å². The number of likely N-dealkylation sites (tertiary alicyclic amines) is 1. The molecular weight excluding hydrogens is 248 g/mol. The molecule has 2 N–H and O–H groups in total. The zero-order valence-corrected chi connectivity index (χ0v) is 11.1. The maximum absolute atomic E-state index is 11.9. The smallest absolute Gasteiger partial charge is 0.317 e. The number of ether oxygens (including phenoxy) is 1. The van der Waals surface area contributed by atoms with Crippen molar-refractivity contribution in [3.05, 3.63) is 0 Å². The number of urea groups is 1. The van der Waals surface area contributed by atoms with Gasteiger partial charge in [-0.15, -0.1) is 0 Å². The molecule has 0 aromatic rings. The van der Waals surface area contributed by atoms with Crippen LogP contribution in [0.25, 0.3) is 0 Å². The summed E-state index contributed by atoms with van der Waals surface area (Å²) in [5.41, 5.74) is 0. The number of amides is 2. The number of nitrogens with zero attached hydrogens (tertiary/aromatic N) is 1. The summed E-state index contributed by atoms with van der Waals surface area (Å²) in [5.74, 6) is -1.05. The van der Waals surface area contributed by atoms with E-state index in [9.17, 15) is 9.59 Å². The molecule has 2 aliphatic heterocycles. The Labute approximate surface area is 113 Å². The number of carboxylic acids is 1. The van der Waals surface area contributed by atoms with Gasteiger partial charge in [0.25, 0.3) is 0 Å². The highest BCUT2D eigenvalue weighted by Crippen LogP contribution is 2.17. The van der Waals surface area contributed by atoms with Gasteiger partial charge in [0.05, 0.1) is 12.0 Å². The van der Waals surface area contributed by atoms with E-state index in [0.29, 0.717) is 32.5 Å². The van der Waals surface area contributed by atoms with E-state index in [4.69, 9.17) is 9.84 Å². The van der Waals surface area contributed by atoms with E-state index in [1.54, 1.807) is 4.90 Å². The summed E-state index contributed by atoms with van der Waals surface area (Å²) < 4.78 is 5.55. The summed E-state index contributed by atoms with van der Waals surface area (Å²) in [6.07, 6.45) is 4.49. The van der Waals surface area contributed by atoms with Crippen LogP contribution in [0.3, 0.4) is 0 Å². The van der Waals surface area contributed by atoms with E-state index in [2.05, 4.69) is 5.32 Å². The van der Waals surface area contributed by atoms with Gasteiger partial charge >= 0.3 is 12.0 Å². The number of piperidine rings is 1. The number of aliphatic carboxylic acids is 1. The van der Waals surface area contributed by atoms with Crippen molar-refractivity contribution in [2.75, 3.05) is 26.2 Å². The minimum absolute atomic E-state index is 0.0991. The predicted molar refractivity (Wildman–Crippen MR) is 68.9 cm³/mol. The Morgan fingerprint density at radius 2 is 1.95 bits per heavy atom. The lowest BCUT2D eigenvalue weighted by Crippen LogP contribution is -2.47. The highest BCUT2D eigenvalue weighted by atomic mass is 16.5. The van der Waals surface area contributed by atoms with Crippen molar-refractivity contribution < 1.29 is 19.4 Å². The van der Waals surface area contributed by atoms with Crippen molar-refractivity contribution in [2.45, 2.75) is 38.2 Å². The zero-order chi connectivity index (χ0) is 13.7. The van der Waals surface area contributed by atoms with Crippen LogP contribution in [-0.2, 0) is 9.53 Å². The molecule has 0 aliphatic carbocycles. The van der Waals surface area contributed by atoms with Gasteiger partial charge in [-0.25, -0.2) is 4.79 Å². The van der Waals surface area contributed by atoms with Gasteiger partial charge in [0.15, 0.2) is 0 Å². The van der Waals surface area contributed by atoms with Crippen LogP contribution >= 0.6 is 0 Å². The van der Waals surface area contributed by atoms with Crippen molar-refractivity contribution in [1.29, 1.82) is 0 Å². The number of carboxylic acid groups (broad SMARTS) is 1. The molecule has 0 aromatic carbocycles. The average Bonchev–Trinajstić information content (AvgIpc) is 2.46. The molecule has 2 aliphatic rings. The SMILES string of the molecule is O=C(O)C1CCN(C(=O)NCC2CCCCO2)CC1. The molecule has 108 valence electrons. The average molecular weight is 270 g/mol. The Morgan fingerprint density at radius 3 is 2.53 bits per heavy atom. The van der Waals surface area contributed by atoms with Crippen molar-refractivity contribution in [2.24, 2.45) is 5.92 Å². The van der Waals surface area contributed by atoms with Crippen molar-refractivity contribution >= 4 is 12.0 Å². The van der Waals surface area contributed by atoms with E-state index in [-0.39, 0.29) is 18.1 Å². The Balaban J connectivity index is 1.67. The van der Waals surface area contributed by atoms with Gasteiger partial charge in [-0.3, -0.25) is 4.79 Å². The lowest BCUT2D eigenvalue weighted by Gasteiger charge is -2.31. The van der Waals surface area contributed by atoms with Gasteiger partial charge in [-0.05, 0) is 32.1 Å². The molecule has 2 amide bonds. The van der Waals surface area contributed by atoms with Crippen LogP contribution in [0.4, 0.5) is 4.79 Å². The second kappa shape index (κ2) is 6.75. The summed E-state index contributed by atoms with van der Waals surface area (Å²) in [5, 5.41) is 11.8. The van der Waals surface area contributed by atoms with Crippen LogP contribution in [0.1, 0.15) is 32.1 Å². The third-order valence-corrected chi connectivity index (χ3v) is 3.89. The first kappa shape index (κ1) is 14.1. The number of nitrogens with one attached hydrogen (secondary N) is 1. The molecule has 6 nitrogen and oxygen atoms in total. The molecular formula is C13H22N2O4. The lowest BCUT2D eigenvalue weighted by molar-refractivity contribution is -0.143. The van der Waals surface area contributed by atoms with Crippen LogP contribution in [-0.4, -0.2) is 54.4 Å². The molecule has 0 bridgehead atoms. The molecule has 0 radical (unpaired) electrons. The Bertz CT molecular complexity index is 321.